The fourth-order valence-corrected chi connectivity index (χ4v) is 3.21. The molecule has 0 saturated heterocycles. The molecule has 0 aliphatic heterocycles. The number of hydrogen-bond acceptors (Lipinski definition) is 4. The molecular formula is C12H15BrN4OS. The Bertz CT molecular complexity index is 605. The molecule has 7 heteroatoms. The monoisotopic (exact) mass is 342 g/mol. The number of carbonyl (C=O) groups excluding carboxylic acids is 1. The van der Waals surface area contributed by atoms with Crippen molar-refractivity contribution in [1.82, 2.24) is 15.1 Å². The van der Waals surface area contributed by atoms with Crippen LogP contribution in [-0.4, -0.2) is 15.7 Å². The van der Waals surface area contributed by atoms with Gasteiger partial charge >= 0.3 is 0 Å². The molecule has 102 valence electrons. The summed E-state index contributed by atoms with van der Waals surface area (Å²) in [6.07, 6.45) is 0.713. The van der Waals surface area contributed by atoms with Crippen LogP contribution in [0.1, 0.15) is 28.0 Å². The molecule has 0 fully saturated rings. The minimum atomic E-state index is -0.197. The number of aryl methyl sites for hydroxylation is 2. The molecule has 2 aromatic heterocycles. The van der Waals surface area contributed by atoms with Gasteiger partial charge in [-0.15, -0.1) is 11.3 Å². The van der Waals surface area contributed by atoms with Crippen LogP contribution in [0.4, 0.5) is 5.69 Å². The number of halogens is 1. The maximum atomic E-state index is 12.1. The summed E-state index contributed by atoms with van der Waals surface area (Å²) in [6.45, 7) is 2.45. The van der Waals surface area contributed by atoms with Crippen LogP contribution >= 0.6 is 27.3 Å². The summed E-state index contributed by atoms with van der Waals surface area (Å²) < 4.78 is 2.56. The van der Waals surface area contributed by atoms with Gasteiger partial charge in [-0.1, -0.05) is 6.92 Å². The summed E-state index contributed by atoms with van der Waals surface area (Å²) in [5, 5.41) is 9.07. The van der Waals surface area contributed by atoms with Crippen LogP contribution in [0.2, 0.25) is 0 Å². The van der Waals surface area contributed by atoms with E-state index < -0.39 is 0 Å². The average molecular weight is 343 g/mol. The fraction of sp³-hybridized carbons (Fsp3) is 0.333. The van der Waals surface area contributed by atoms with E-state index in [1.807, 2.05) is 18.4 Å². The van der Waals surface area contributed by atoms with Crippen molar-refractivity contribution in [3.63, 3.8) is 0 Å². The minimum Gasteiger partial charge on any atom is -0.395 e. The second-order valence-corrected chi connectivity index (χ2v) is 6.01. The molecule has 2 aromatic rings. The number of hydrogen-bond donors (Lipinski definition) is 2. The number of nitrogen functional groups attached to an aromatic ring is 1. The van der Waals surface area contributed by atoms with Gasteiger partial charge in [0.2, 0.25) is 0 Å². The highest BCUT2D eigenvalue weighted by Gasteiger charge is 2.18. The molecule has 3 N–H and O–H groups in total. The topological polar surface area (TPSA) is 72.9 Å². The highest BCUT2D eigenvalue weighted by atomic mass is 79.9. The second-order valence-electron chi connectivity index (χ2n) is 4.10. The van der Waals surface area contributed by atoms with Crippen LogP contribution in [0.5, 0.6) is 0 Å². The number of anilines is 1. The Balaban J connectivity index is 2.10. The van der Waals surface area contributed by atoms with E-state index in [9.17, 15) is 4.79 Å². The average Bonchev–Trinajstić information content (AvgIpc) is 2.90. The molecule has 0 spiro atoms. The van der Waals surface area contributed by atoms with Gasteiger partial charge in [0.25, 0.3) is 5.91 Å². The molecule has 2 rings (SSSR count). The molecular weight excluding hydrogens is 328 g/mol. The first-order chi connectivity index (χ1) is 9.02. The van der Waals surface area contributed by atoms with Gasteiger partial charge in [-0.3, -0.25) is 9.48 Å². The van der Waals surface area contributed by atoms with Gasteiger partial charge in [0, 0.05) is 21.8 Å². The predicted octanol–water partition coefficient (Wildman–Crippen LogP) is 2.32. The lowest BCUT2D eigenvalue weighted by molar-refractivity contribution is 0.0943. The van der Waals surface area contributed by atoms with Gasteiger partial charge in [0.1, 0.15) is 5.69 Å². The Hall–Kier alpha value is -1.34. The molecule has 5 nitrogen and oxygen atoms in total. The molecule has 0 radical (unpaired) electrons. The maximum Gasteiger partial charge on any atom is 0.271 e. The first-order valence-electron chi connectivity index (χ1n) is 5.85. The standard InChI is InChI=1S/C12H15BrN4OS/c1-3-9-10(14)11(17(2)16-9)12(18)15-5-8-4-7(13)6-19-8/h4,6H,3,5,14H2,1-2H3,(H,15,18). The molecule has 0 aliphatic rings. The lowest BCUT2D eigenvalue weighted by atomic mass is 10.2. The molecule has 0 unspecified atom stereocenters. The van der Waals surface area contributed by atoms with Crippen molar-refractivity contribution in [1.29, 1.82) is 0 Å². The fourth-order valence-electron chi connectivity index (χ4n) is 1.82. The SMILES string of the molecule is CCc1nn(C)c(C(=O)NCc2cc(Br)cs2)c1N. The van der Waals surface area contributed by atoms with Crippen molar-refractivity contribution >= 4 is 38.9 Å². The molecule has 0 atom stereocenters. The molecule has 0 saturated carbocycles. The van der Waals surface area contributed by atoms with Crippen molar-refractivity contribution < 1.29 is 4.79 Å². The van der Waals surface area contributed by atoms with E-state index in [1.54, 1.807) is 18.4 Å². The number of nitrogens with two attached hydrogens (primary N) is 1. The minimum absolute atomic E-state index is 0.197. The predicted molar refractivity (Wildman–Crippen MR) is 80.2 cm³/mol. The van der Waals surface area contributed by atoms with Crippen LogP contribution in [-0.2, 0) is 20.0 Å². The van der Waals surface area contributed by atoms with E-state index in [0.717, 1.165) is 15.0 Å². The van der Waals surface area contributed by atoms with Crippen LogP contribution in [0, 0.1) is 0 Å². The number of thiophene rings is 1. The zero-order valence-electron chi connectivity index (χ0n) is 10.7. The quantitative estimate of drug-likeness (QED) is 0.895. The number of nitrogens with zero attached hydrogens (tertiary/aromatic N) is 2. The summed E-state index contributed by atoms with van der Waals surface area (Å²) in [4.78, 5) is 13.2. The van der Waals surface area contributed by atoms with E-state index in [4.69, 9.17) is 5.73 Å². The summed E-state index contributed by atoms with van der Waals surface area (Å²) in [5.41, 5.74) is 7.59. The number of amides is 1. The molecule has 19 heavy (non-hydrogen) atoms. The van der Waals surface area contributed by atoms with Crippen molar-refractivity contribution in [2.24, 2.45) is 7.05 Å². The van der Waals surface area contributed by atoms with Crippen molar-refractivity contribution in [2.45, 2.75) is 19.9 Å². The van der Waals surface area contributed by atoms with E-state index in [2.05, 4.69) is 26.3 Å². The molecule has 2 heterocycles. The molecule has 1 amide bonds. The third-order valence-corrected chi connectivity index (χ3v) is 4.45. The third kappa shape index (κ3) is 2.98. The van der Waals surface area contributed by atoms with Gasteiger partial charge in [-0.05, 0) is 28.4 Å². The largest absolute Gasteiger partial charge is 0.395 e. The highest BCUT2D eigenvalue weighted by Crippen LogP contribution is 2.20. The Morgan fingerprint density at radius 2 is 2.37 bits per heavy atom. The molecule has 0 bridgehead atoms. The number of carbonyl (C=O) groups is 1. The second kappa shape index (κ2) is 5.75. The number of rotatable bonds is 4. The Morgan fingerprint density at radius 1 is 1.63 bits per heavy atom. The zero-order chi connectivity index (χ0) is 14.0. The smallest absolute Gasteiger partial charge is 0.271 e. The van der Waals surface area contributed by atoms with Crippen LogP contribution in [0.15, 0.2) is 15.9 Å². The summed E-state index contributed by atoms with van der Waals surface area (Å²) >= 11 is 4.97. The summed E-state index contributed by atoms with van der Waals surface area (Å²) in [5.74, 6) is -0.197. The third-order valence-electron chi connectivity index (χ3n) is 2.76. The van der Waals surface area contributed by atoms with Crippen molar-refractivity contribution in [2.75, 3.05) is 5.73 Å². The van der Waals surface area contributed by atoms with E-state index in [-0.39, 0.29) is 5.91 Å². The zero-order valence-corrected chi connectivity index (χ0v) is 13.1. The normalized spacial score (nSPS) is 10.7. The van der Waals surface area contributed by atoms with Crippen molar-refractivity contribution in [3.8, 4) is 0 Å². The summed E-state index contributed by atoms with van der Waals surface area (Å²) in [6, 6.07) is 1.98. The number of aromatic nitrogens is 2. The van der Waals surface area contributed by atoms with Crippen LogP contribution < -0.4 is 11.1 Å². The van der Waals surface area contributed by atoms with Gasteiger partial charge in [-0.2, -0.15) is 5.10 Å². The Labute approximate surface area is 123 Å². The van der Waals surface area contributed by atoms with Crippen molar-refractivity contribution in [3.05, 3.63) is 32.2 Å². The first-order valence-corrected chi connectivity index (χ1v) is 7.52. The molecule has 0 aromatic carbocycles. The maximum absolute atomic E-state index is 12.1. The number of nitrogens with one attached hydrogen (secondary N) is 1. The van der Waals surface area contributed by atoms with E-state index >= 15 is 0 Å². The summed E-state index contributed by atoms with van der Waals surface area (Å²) in [7, 11) is 1.73. The highest BCUT2D eigenvalue weighted by molar-refractivity contribution is 9.10. The van der Waals surface area contributed by atoms with Gasteiger partial charge in [0.15, 0.2) is 0 Å². The van der Waals surface area contributed by atoms with Crippen LogP contribution in [0.3, 0.4) is 0 Å². The van der Waals surface area contributed by atoms with Gasteiger partial charge in [-0.25, -0.2) is 0 Å². The van der Waals surface area contributed by atoms with E-state index in [0.29, 0.717) is 24.3 Å². The lowest BCUT2D eigenvalue weighted by Gasteiger charge is -2.04. The first kappa shape index (κ1) is 14.1. The Morgan fingerprint density at radius 3 is 2.89 bits per heavy atom. The van der Waals surface area contributed by atoms with Crippen LogP contribution in [0.25, 0.3) is 0 Å². The lowest BCUT2D eigenvalue weighted by Crippen LogP contribution is -2.25. The molecule has 0 aliphatic carbocycles. The van der Waals surface area contributed by atoms with Gasteiger partial charge in [0.05, 0.1) is 17.9 Å². The van der Waals surface area contributed by atoms with E-state index in [1.165, 1.54) is 4.68 Å². The Kier molecular flexibility index (Phi) is 4.26. The van der Waals surface area contributed by atoms with Gasteiger partial charge < -0.3 is 11.1 Å².